The average molecular weight is 411 g/mol. The quantitative estimate of drug-likeness (QED) is 0.517. The van der Waals surface area contributed by atoms with Gasteiger partial charge in [-0.1, -0.05) is 47.5 Å². The Morgan fingerprint density at radius 2 is 1.53 bits per heavy atom. The third kappa shape index (κ3) is 5.68. The van der Waals surface area contributed by atoms with Crippen LogP contribution < -0.4 is 20.4 Å². The zero-order chi connectivity index (χ0) is 21.7. The van der Waals surface area contributed by atoms with Crippen LogP contribution in [0, 0.1) is 20.8 Å². The van der Waals surface area contributed by atoms with Crippen LogP contribution in [-0.4, -0.2) is 51.6 Å². The molecule has 1 fully saturated rings. The van der Waals surface area contributed by atoms with Crippen LogP contribution in [0.4, 0.5) is 5.69 Å². The second-order valence-corrected chi connectivity index (χ2v) is 8.56. The fraction of sp³-hybridized carbons (Fsp3) is 0.417. The van der Waals surface area contributed by atoms with E-state index in [1.165, 1.54) is 16.0 Å². The maximum Gasteiger partial charge on any atom is 0.313 e. The van der Waals surface area contributed by atoms with Crippen molar-refractivity contribution in [3.05, 3.63) is 64.7 Å². The Morgan fingerprint density at radius 1 is 0.900 bits per heavy atom. The van der Waals surface area contributed by atoms with Gasteiger partial charge in [-0.15, -0.1) is 0 Å². The molecule has 1 heterocycles. The Bertz CT molecular complexity index is 887. The molecule has 4 N–H and O–H groups in total. The summed E-state index contributed by atoms with van der Waals surface area (Å²) in [4.78, 5) is 27.9. The number of nitrogens with one attached hydrogen (secondary N) is 4. The van der Waals surface area contributed by atoms with Crippen LogP contribution in [-0.2, 0) is 9.59 Å². The third-order valence-electron chi connectivity index (χ3n) is 6.02. The highest BCUT2D eigenvalue weighted by atomic mass is 16.2. The molecule has 3 rings (SSSR count). The van der Waals surface area contributed by atoms with Crippen molar-refractivity contribution in [1.82, 2.24) is 5.32 Å². The minimum Gasteiger partial charge on any atom is -0.341 e. The molecule has 1 saturated heterocycles. The Balaban J connectivity index is 1.65. The van der Waals surface area contributed by atoms with Crippen molar-refractivity contribution < 1.29 is 19.4 Å². The number of carbonyl (C=O) groups is 2. The van der Waals surface area contributed by atoms with E-state index in [9.17, 15) is 9.59 Å². The molecule has 0 saturated carbocycles. The van der Waals surface area contributed by atoms with Gasteiger partial charge in [-0.25, -0.2) is 0 Å². The van der Waals surface area contributed by atoms with Gasteiger partial charge >= 0.3 is 11.8 Å². The van der Waals surface area contributed by atoms with Gasteiger partial charge in [-0.3, -0.25) is 9.59 Å². The first kappa shape index (κ1) is 22.0. The van der Waals surface area contributed by atoms with Crippen molar-refractivity contribution in [3.8, 4) is 0 Å². The Kier molecular flexibility index (Phi) is 7.24. The van der Waals surface area contributed by atoms with E-state index in [2.05, 4.69) is 48.9 Å². The molecule has 2 aromatic rings. The summed E-state index contributed by atoms with van der Waals surface area (Å²) in [6, 6.07) is 14.4. The molecule has 1 atom stereocenters. The van der Waals surface area contributed by atoms with Crippen molar-refractivity contribution in [2.75, 3.05) is 45.1 Å². The van der Waals surface area contributed by atoms with E-state index >= 15 is 0 Å². The summed E-state index contributed by atoms with van der Waals surface area (Å²) in [6.45, 7) is 10.8. The predicted octanol–water partition coefficient (Wildman–Crippen LogP) is -0.179. The summed E-state index contributed by atoms with van der Waals surface area (Å²) in [5.74, 6) is -1.21. The number of hydrogen-bond acceptors (Lipinski definition) is 2. The maximum atomic E-state index is 12.5. The van der Waals surface area contributed by atoms with E-state index in [0.29, 0.717) is 12.2 Å². The van der Waals surface area contributed by atoms with Crippen LogP contribution in [0.1, 0.15) is 28.3 Å². The molecule has 0 unspecified atom stereocenters. The minimum absolute atomic E-state index is 0.136. The van der Waals surface area contributed by atoms with E-state index in [1.807, 2.05) is 32.0 Å². The summed E-state index contributed by atoms with van der Waals surface area (Å²) in [5, 5.41) is 5.61. The number of carbonyl (C=O) groups excluding carboxylic acids is 2. The molecule has 0 aromatic heterocycles. The summed E-state index contributed by atoms with van der Waals surface area (Å²) in [7, 11) is 2.22. The van der Waals surface area contributed by atoms with Crippen LogP contribution in [0.3, 0.4) is 0 Å². The average Bonchev–Trinajstić information content (AvgIpc) is 2.72. The zero-order valence-corrected chi connectivity index (χ0v) is 18.5. The molecule has 1 aliphatic rings. The topological polar surface area (TPSA) is 67.1 Å². The molecular formula is C24H34N4O2+2. The van der Waals surface area contributed by atoms with E-state index in [-0.39, 0.29) is 6.04 Å². The molecule has 30 heavy (non-hydrogen) atoms. The SMILES string of the molecule is Cc1ccc([C@@H](CNC(=O)C(=O)Nc2ccc(C)cc2C)[NH+]2CC[NH+](C)CC2)cc1. The Hall–Kier alpha value is -2.70. The lowest BCUT2D eigenvalue weighted by Crippen LogP contribution is -3.27. The third-order valence-corrected chi connectivity index (χ3v) is 6.02. The lowest BCUT2D eigenvalue weighted by atomic mass is 10.0. The molecular weight excluding hydrogens is 376 g/mol. The predicted molar refractivity (Wildman–Crippen MR) is 119 cm³/mol. The standard InChI is InChI=1S/C24H32N4O2/c1-17-5-8-20(9-6-17)22(28-13-11-27(4)12-14-28)16-25-23(29)24(30)26-21-10-7-18(2)15-19(21)3/h5-10,15,22H,11-14,16H2,1-4H3,(H,25,29)(H,26,30)/p+2/t22-/m1/s1. The highest BCUT2D eigenvalue weighted by molar-refractivity contribution is 6.39. The van der Waals surface area contributed by atoms with Gasteiger partial charge in [0.25, 0.3) is 0 Å². The largest absolute Gasteiger partial charge is 0.341 e. The number of anilines is 1. The van der Waals surface area contributed by atoms with Gasteiger partial charge in [0, 0.05) is 11.3 Å². The second kappa shape index (κ2) is 9.87. The number of amides is 2. The van der Waals surface area contributed by atoms with Gasteiger partial charge in [0.2, 0.25) is 0 Å². The molecule has 0 radical (unpaired) electrons. The molecule has 160 valence electrons. The monoisotopic (exact) mass is 410 g/mol. The molecule has 6 nitrogen and oxygen atoms in total. The molecule has 0 aliphatic carbocycles. The summed E-state index contributed by atoms with van der Waals surface area (Å²) in [5.41, 5.74) is 5.15. The van der Waals surface area contributed by atoms with Gasteiger partial charge in [-0.05, 0) is 32.4 Å². The first-order valence-electron chi connectivity index (χ1n) is 10.7. The number of benzene rings is 2. The van der Waals surface area contributed by atoms with Crippen LogP contribution in [0.5, 0.6) is 0 Å². The van der Waals surface area contributed by atoms with Crippen LogP contribution in [0.25, 0.3) is 0 Å². The molecule has 1 aliphatic heterocycles. The smallest absolute Gasteiger partial charge is 0.313 e. The maximum absolute atomic E-state index is 12.5. The van der Waals surface area contributed by atoms with Crippen LogP contribution >= 0.6 is 0 Å². The number of piperazine rings is 1. The first-order chi connectivity index (χ1) is 14.3. The zero-order valence-electron chi connectivity index (χ0n) is 18.5. The fourth-order valence-electron chi connectivity index (χ4n) is 4.05. The van der Waals surface area contributed by atoms with E-state index in [4.69, 9.17) is 0 Å². The lowest BCUT2D eigenvalue weighted by molar-refractivity contribution is -1.02. The number of rotatable bonds is 5. The van der Waals surface area contributed by atoms with Crippen molar-refractivity contribution >= 4 is 17.5 Å². The van der Waals surface area contributed by atoms with Crippen molar-refractivity contribution in [1.29, 1.82) is 0 Å². The second-order valence-electron chi connectivity index (χ2n) is 8.56. The molecule has 0 bridgehead atoms. The summed E-state index contributed by atoms with van der Waals surface area (Å²) < 4.78 is 0. The van der Waals surface area contributed by atoms with Gasteiger partial charge in [0.1, 0.15) is 32.2 Å². The lowest BCUT2D eigenvalue weighted by Gasteiger charge is -2.33. The highest BCUT2D eigenvalue weighted by Crippen LogP contribution is 2.16. The van der Waals surface area contributed by atoms with E-state index < -0.39 is 11.8 Å². The molecule has 2 amide bonds. The molecule has 0 spiro atoms. The summed E-state index contributed by atoms with van der Waals surface area (Å²) >= 11 is 0. The summed E-state index contributed by atoms with van der Waals surface area (Å²) in [6.07, 6.45) is 0. The van der Waals surface area contributed by atoms with Gasteiger partial charge in [-0.2, -0.15) is 0 Å². The van der Waals surface area contributed by atoms with Crippen molar-refractivity contribution in [2.24, 2.45) is 0 Å². The Morgan fingerprint density at radius 3 is 2.17 bits per heavy atom. The van der Waals surface area contributed by atoms with E-state index in [1.54, 1.807) is 4.90 Å². The number of hydrogen-bond donors (Lipinski definition) is 4. The highest BCUT2D eigenvalue weighted by Gasteiger charge is 2.30. The van der Waals surface area contributed by atoms with Gasteiger partial charge in [0.15, 0.2) is 0 Å². The molecule has 6 heteroatoms. The minimum atomic E-state index is -0.623. The van der Waals surface area contributed by atoms with Crippen LogP contribution in [0.2, 0.25) is 0 Å². The van der Waals surface area contributed by atoms with Crippen molar-refractivity contribution in [3.63, 3.8) is 0 Å². The number of aryl methyl sites for hydroxylation is 3. The van der Waals surface area contributed by atoms with Crippen LogP contribution in [0.15, 0.2) is 42.5 Å². The first-order valence-corrected chi connectivity index (χ1v) is 10.7. The van der Waals surface area contributed by atoms with E-state index in [0.717, 1.165) is 37.3 Å². The number of likely N-dealkylation sites (N-methyl/N-ethyl adjacent to an activating group) is 1. The van der Waals surface area contributed by atoms with Gasteiger partial charge < -0.3 is 20.4 Å². The fourth-order valence-corrected chi connectivity index (χ4v) is 4.05. The van der Waals surface area contributed by atoms with Crippen molar-refractivity contribution in [2.45, 2.75) is 26.8 Å². The number of quaternary nitrogens is 2. The van der Waals surface area contributed by atoms with Gasteiger partial charge in [0.05, 0.1) is 13.6 Å². The normalized spacial score (nSPS) is 19.7. The Labute approximate surface area is 179 Å². The molecule has 2 aromatic carbocycles.